The molecule has 0 spiro atoms. The quantitative estimate of drug-likeness (QED) is 0.797. The molecule has 1 saturated heterocycles. The summed E-state index contributed by atoms with van der Waals surface area (Å²) < 4.78 is 1.01. The third-order valence-electron chi connectivity index (χ3n) is 3.14. The first-order valence-corrected chi connectivity index (χ1v) is 6.63. The molecule has 0 atom stereocenters. The fourth-order valence-electron chi connectivity index (χ4n) is 2.12. The summed E-state index contributed by atoms with van der Waals surface area (Å²) >= 11 is 3.56. The predicted octanol–water partition coefficient (Wildman–Crippen LogP) is 2.46. The molecule has 1 fully saturated rings. The van der Waals surface area contributed by atoms with E-state index in [-0.39, 0.29) is 0 Å². The third-order valence-corrected chi connectivity index (χ3v) is 3.77. The molecule has 0 aromatic heterocycles. The number of hydrogen-bond acceptors (Lipinski definition) is 3. The van der Waals surface area contributed by atoms with E-state index in [0.29, 0.717) is 5.56 Å². The molecule has 1 aliphatic rings. The summed E-state index contributed by atoms with van der Waals surface area (Å²) in [5.74, 6) is 0. The molecule has 0 bridgehead atoms. The van der Waals surface area contributed by atoms with Crippen LogP contribution in [0.2, 0.25) is 0 Å². The molecule has 1 aliphatic heterocycles. The van der Waals surface area contributed by atoms with Crippen molar-refractivity contribution in [2.45, 2.75) is 6.42 Å². The maximum atomic E-state index is 8.85. The zero-order valence-corrected chi connectivity index (χ0v) is 11.6. The van der Waals surface area contributed by atoms with E-state index in [4.69, 9.17) is 5.26 Å². The van der Waals surface area contributed by atoms with E-state index >= 15 is 0 Å². The van der Waals surface area contributed by atoms with Gasteiger partial charge in [0.25, 0.3) is 0 Å². The molecule has 0 radical (unpaired) electrons. The Morgan fingerprint density at radius 2 is 2.06 bits per heavy atom. The molecule has 0 aliphatic carbocycles. The largest absolute Gasteiger partial charge is 0.369 e. The summed E-state index contributed by atoms with van der Waals surface area (Å²) in [5.41, 5.74) is 1.90. The van der Waals surface area contributed by atoms with Crippen LogP contribution in [0, 0.1) is 11.3 Å². The van der Waals surface area contributed by atoms with Crippen molar-refractivity contribution >= 4 is 21.6 Å². The first kappa shape index (κ1) is 12.4. The van der Waals surface area contributed by atoms with Gasteiger partial charge in [-0.3, -0.25) is 0 Å². The van der Waals surface area contributed by atoms with Crippen molar-refractivity contribution in [1.29, 1.82) is 5.26 Å². The molecule has 17 heavy (non-hydrogen) atoms. The molecule has 0 N–H and O–H groups in total. The van der Waals surface area contributed by atoms with Crippen molar-refractivity contribution in [3.05, 3.63) is 28.2 Å². The van der Waals surface area contributed by atoms with Crippen molar-refractivity contribution in [2.75, 3.05) is 38.1 Å². The molecule has 4 heteroatoms. The molecule has 90 valence electrons. The Labute approximate surface area is 111 Å². The number of rotatable bonds is 1. The second-order valence-corrected chi connectivity index (χ2v) is 5.28. The van der Waals surface area contributed by atoms with E-state index in [1.165, 1.54) is 12.1 Å². The van der Waals surface area contributed by atoms with Gasteiger partial charge < -0.3 is 9.80 Å². The molecule has 1 heterocycles. The fourth-order valence-corrected chi connectivity index (χ4v) is 2.75. The summed E-state index contributed by atoms with van der Waals surface area (Å²) in [7, 11) is 2.16. The number of anilines is 1. The van der Waals surface area contributed by atoms with Crippen LogP contribution < -0.4 is 4.90 Å². The van der Waals surface area contributed by atoms with Crippen LogP contribution in [0.4, 0.5) is 5.69 Å². The van der Waals surface area contributed by atoms with Gasteiger partial charge in [0.05, 0.1) is 17.3 Å². The van der Waals surface area contributed by atoms with Gasteiger partial charge >= 0.3 is 0 Å². The Hall–Kier alpha value is -1.05. The second-order valence-electron chi connectivity index (χ2n) is 4.42. The first-order chi connectivity index (χ1) is 8.20. The molecular weight excluding hydrogens is 278 g/mol. The summed E-state index contributed by atoms with van der Waals surface area (Å²) in [4.78, 5) is 4.74. The Bertz CT molecular complexity index is 439. The van der Waals surface area contributed by atoms with Gasteiger partial charge in [-0.2, -0.15) is 5.26 Å². The zero-order chi connectivity index (χ0) is 12.3. The lowest BCUT2D eigenvalue weighted by Gasteiger charge is -2.24. The number of halogens is 1. The average Bonchev–Trinajstić information content (AvgIpc) is 2.54. The lowest BCUT2D eigenvalue weighted by molar-refractivity contribution is 0.360. The molecule has 1 aromatic carbocycles. The van der Waals surface area contributed by atoms with Crippen LogP contribution in [0.1, 0.15) is 12.0 Å². The van der Waals surface area contributed by atoms with Crippen molar-refractivity contribution in [2.24, 2.45) is 0 Å². The van der Waals surface area contributed by atoms with Gasteiger partial charge in [0.2, 0.25) is 0 Å². The van der Waals surface area contributed by atoms with Gasteiger partial charge in [-0.1, -0.05) is 0 Å². The number of likely N-dealkylation sites (N-methyl/N-ethyl adjacent to an activating group) is 1. The summed E-state index contributed by atoms with van der Waals surface area (Å²) in [5, 5.41) is 8.85. The summed E-state index contributed by atoms with van der Waals surface area (Å²) in [6.45, 7) is 4.37. The maximum Gasteiger partial charge on any atom is 0.0992 e. The van der Waals surface area contributed by atoms with Crippen molar-refractivity contribution < 1.29 is 0 Å². The Morgan fingerprint density at radius 1 is 1.24 bits per heavy atom. The van der Waals surface area contributed by atoms with Gasteiger partial charge in [-0.25, -0.2) is 0 Å². The SMILES string of the molecule is CN1CCCN(c2ccc(C#N)cc2Br)CC1. The van der Waals surface area contributed by atoms with Gasteiger partial charge in [-0.05, 0) is 54.1 Å². The standard InChI is InChI=1S/C13H16BrN3/c1-16-5-2-6-17(8-7-16)13-4-3-11(10-15)9-12(13)14/h3-4,9H,2,5-8H2,1H3. The van der Waals surface area contributed by atoms with Gasteiger partial charge in [-0.15, -0.1) is 0 Å². The number of benzene rings is 1. The van der Waals surface area contributed by atoms with Gasteiger partial charge in [0, 0.05) is 24.1 Å². The lowest BCUT2D eigenvalue weighted by Crippen LogP contribution is -2.28. The lowest BCUT2D eigenvalue weighted by atomic mass is 10.2. The van der Waals surface area contributed by atoms with Crippen LogP contribution in [0.15, 0.2) is 22.7 Å². The van der Waals surface area contributed by atoms with Crippen LogP contribution in [0.5, 0.6) is 0 Å². The van der Waals surface area contributed by atoms with Crippen molar-refractivity contribution in [3.8, 4) is 6.07 Å². The summed E-state index contributed by atoms with van der Waals surface area (Å²) in [6, 6.07) is 7.97. The van der Waals surface area contributed by atoms with E-state index in [9.17, 15) is 0 Å². The van der Waals surface area contributed by atoms with Crippen LogP contribution in [-0.2, 0) is 0 Å². The van der Waals surface area contributed by atoms with E-state index in [2.05, 4.69) is 38.8 Å². The third kappa shape index (κ3) is 2.99. The monoisotopic (exact) mass is 293 g/mol. The molecule has 0 unspecified atom stereocenters. The van der Waals surface area contributed by atoms with Gasteiger partial charge in [0.15, 0.2) is 0 Å². The fraction of sp³-hybridized carbons (Fsp3) is 0.462. The minimum Gasteiger partial charge on any atom is -0.369 e. The topological polar surface area (TPSA) is 30.3 Å². The highest BCUT2D eigenvalue weighted by molar-refractivity contribution is 9.10. The molecular formula is C13H16BrN3. The number of nitrogens with zero attached hydrogens (tertiary/aromatic N) is 3. The van der Waals surface area contributed by atoms with Crippen molar-refractivity contribution in [3.63, 3.8) is 0 Å². The molecule has 0 amide bonds. The highest BCUT2D eigenvalue weighted by Gasteiger charge is 2.14. The van der Waals surface area contributed by atoms with E-state index in [1.807, 2.05) is 18.2 Å². The van der Waals surface area contributed by atoms with E-state index < -0.39 is 0 Å². The van der Waals surface area contributed by atoms with Crippen LogP contribution in [-0.4, -0.2) is 38.1 Å². The maximum absolute atomic E-state index is 8.85. The predicted molar refractivity (Wildman–Crippen MR) is 73.2 cm³/mol. The minimum atomic E-state index is 0.701. The second kappa shape index (κ2) is 5.52. The Balaban J connectivity index is 2.19. The molecule has 3 nitrogen and oxygen atoms in total. The minimum absolute atomic E-state index is 0.701. The van der Waals surface area contributed by atoms with Gasteiger partial charge in [0.1, 0.15) is 0 Å². The van der Waals surface area contributed by atoms with Crippen LogP contribution >= 0.6 is 15.9 Å². The molecule has 1 aromatic rings. The normalized spacial score (nSPS) is 17.6. The Morgan fingerprint density at radius 3 is 2.76 bits per heavy atom. The zero-order valence-electron chi connectivity index (χ0n) is 9.99. The van der Waals surface area contributed by atoms with E-state index in [1.54, 1.807) is 0 Å². The molecule has 2 rings (SSSR count). The number of nitriles is 1. The number of hydrogen-bond donors (Lipinski definition) is 0. The van der Waals surface area contributed by atoms with Crippen LogP contribution in [0.25, 0.3) is 0 Å². The summed E-state index contributed by atoms with van der Waals surface area (Å²) in [6.07, 6.45) is 1.18. The highest BCUT2D eigenvalue weighted by Crippen LogP contribution is 2.27. The van der Waals surface area contributed by atoms with Crippen LogP contribution in [0.3, 0.4) is 0 Å². The smallest absolute Gasteiger partial charge is 0.0992 e. The van der Waals surface area contributed by atoms with Crippen molar-refractivity contribution in [1.82, 2.24) is 4.90 Å². The highest BCUT2D eigenvalue weighted by atomic mass is 79.9. The first-order valence-electron chi connectivity index (χ1n) is 5.84. The average molecular weight is 294 g/mol. The molecule has 0 saturated carbocycles. The Kier molecular flexibility index (Phi) is 4.03. The van der Waals surface area contributed by atoms with E-state index in [0.717, 1.165) is 30.7 Å².